The second kappa shape index (κ2) is 25.6. The normalized spacial score (nSPS) is 55.7. The Kier molecular flexibility index (Phi) is 20.1. The summed E-state index contributed by atoms with van der Waals surface area (Å²) in [7, 11) is 1.61. The molecule has 3 saturated carbocycles. The standard InChI is InChI=1S/C58H96O27/c1-22(21-75-50-43(69)39(65)36(62)32(19-59)80-50)11-16-57(74-8)26(5)58(73)34(85-57)18-31-29-10-9-27-17-28(12-14-55(27,6)30(29)13-15-56(31,58)7)79-54-49(40(66)37(63)33(20-60)81-54)84-53-46(72)42(68)48(25(4)78-53)83-52-45(71)41(67)47(24(3)77-52)82-51-44(70)38(64)35(61)23(2)76-51/h9,22-26,28-54,59-73H,10-21H2,1-8H3. The van der Waals surface area contributed by atoms with Crippen LogP contribution < -0.4 is 0 Å². The quantitative estimate of drug-likeness (QED) is 0.0633. The van der Waals surface area contributed by atoms with Crippen molar-refractivity contribution in [3.63, 3.8) is 0 Å². The van der Waals surface area contributed by atoms with Crippen LogP contribution in [0.4, 0.5) is 0 Å². The topological polar surface area (TPSA) is 414 Å². The van der Waals surface area contributed by atoms with E-state index in [0.717, 1.165) is 25.7 Å². The first-order valence-corrected chi connectivity index (χ1v) is 30.6. The lowest BCUT2D eigenvalue weighted by Gasteiger charge is -2.59. The number of ether oxygens (including phenoxy) is 12. The van der Waals surface area contributed by atoms with Gasteiger partial charge >= 0.3 is 0 Å². The molecule has 85 heavy (non-hydrogen) atoms. The van der Waals surface area contributed by atoms with Crippen molar-refractivity contribution in [2.75, 3.05) is 26.9 Å². The van der Waals surface area contributed by atoms with Crippen LogP contribution in [0, 0.1) is 40.4 Å². The Morgan fingerprint density at radius 2 is 1.09 bits per heavy atom. The number of aliphatic hydroxyl groups excluding tert-OH is 14. The molecule has 36 atom stereocenters. The molecule has 0 bridgehead atoms. The summed E-state index contributed by atoms with van der Waals surface area (Å²) in [5.41, 5.74) is -0.702. The van der Waals surface area contributed by atoms with E-state index in [2.05, 4.69) is 19.9 Å². The number of allylic oxidation sites excluding steroid dienone is 1. The lowest BCUT2D eigenvalue weighted by molar-refractivity contribution is -0.388. The molecule has 10 rings (SSSR count). The summed E-state index contributed by atoms with van der Waals surface area (Å²) in [6, 6.07) is 0. The molecular formula is C58H96O27. The molecule has 0 aromatic carbocycles. The maximum absolute atomic E-state index is 13.1. The highest BCUT2D eigenvalue weighted by molar-refractivity contribution is 5.29. The predicted octanol–water partition coefficient (Wildman–Crippen LogP) is -3.36. The molecule has 9 fully saturated rings. The molecule has 27 heteroatoms. The minimum Gasteiger partial charge on any atom is -0.394 e. The highest BCUT2D eigenvalue weighted by atomic mass is 16.8. The van der Waals surface area contributed by atoms with Crippen molar-refractivity contribution in [1.82, 2.24) is 0 Å². The highest BCUT2D eigenvalue weighted by Gasteiger charge is 2.76. The van der Waals surface area contributed by atoms with Gasteiger partial charge in [-0.15, -0.1) is 0 Å². The van der Waals surface area contributed by atoms with Gasteiger partial charge in [0, 0.05) is 24.9 Å². The third kappa shape index (κ3) is 11.6. The zero-order chi connectivity index (χ0) is 61.7. The third-order valence-corrected chi connectivity index (χ3v) is 22.1. The number of hydrogen-bond donors (Lipinski definition) is 15. The van der Waals surface area contributed by atoms with E-state index in [1.807, 2.05) is 13.8 Å². The maximum Gasteiger partial charge on any atom is 0.187 e. The molecule has 0 radical (unpaired) electrons. The number of hydrogen-bond acceptors (Lipinski definition) is 27. The first kappa shape index (κ1) is 66.6. The summed E-state index contributed by atoms with van der Waals surface area (Å²) in [6.45, 7) is 11.8. The Bertz CT molecular complexity index is 2270. The second-order valence-electron chi connectivity index (χ2n) is 26.9. The van der Waals surface area contributed by atoms with Gasteiger partial charge in [0.05, 0.1) is 50.3 Å². The van der Waals surface area contributed by atoms with E-state index in [1.165, 1.54) is 26.3 Å². The van der Waals surface area contributed by atoms with Gasteiger partial charge in [-0.05, 0) is 101 Å². The van der Waals surface area contributed by atoms with E-state index in [4.69, 9.17) is 56.8 Å². The molecule has 6 saturated heterocycles. The van der Waals surface area contributed by atoms with Crippen molar-refractivity contribution in [1.29, 1.82) is 0 Å². The van der Waals surface area contributed by atoms with E-state index in [0.29, 0.717) is 32.1 Å². The fourth-order valence-corrected chi connectivity index (χ4v) is 16.7. The zero-order valence-corrected chi connectivity index (χ0v) is 49.6. The summed E-state index contributed by atoms with van der Waals surface area (Å²) in [6.07, 6.45) is -29.8. The second-order valence-corrected chi connectivity index (χ2v) is 26.9. The van der Waals surface area contributed by atoms with E-state index >= 15 is 0 Å². The first-order valence-electron chi connectivity index (χ1n) is 30.6. The Morgan fingerprint density at radius 1 is 0.576 bits per heavy atom. The van der Waals surface area contributed by atoms with Gasteiger partial charge < -0.3 is 133 Å². The molecule has 36 unspecified atom stereocenters. The van der Waals surface area contributed by atoms with E-state index < -0.39 is 202 Å². The lowest BCUT2D eigenvalue weighted by Crippen LogP contribution is -2.66. The molecular weight excluding hydrogens is 1130 g/mol. The predicted molar refractivity (Wildman–Crippen MR) is 286 cm³/mol. The summed E-state index contributed by atoms with van der Waals surface area (Å²) in [4.78, 5) is 0. The van der Waals surface area contributed by atoms with Crippen molar-refractivity contribution in [2.45, 2.75) is 283 Å². The molecule has 0 aromatic rings. The average Bonchev–Trinajstić information content (AvgIpc) is 1.55. The molecule has 0 amide bonds. The van der Waals surface area contributed by atoms with Crippen LogP contribution in [0.1, 0.15) is 106 Å². The summed E-state index contributed by atoms with van der Waals surface area (Å²) >= 11 is 0. The minimum absolute atomic E-state index is 0.0970. The Morgan fingerprint density at radius 3 is 1.68 bits per heavy atom. The number of rotatable bonds is 17. The van der Waals surface area contributed by atoms with Crippen molar-refractivity contribution in [2.24, 2.45) is 40.4 Å². The molecule has 4 aliphatic carbocycles. The Balaban J connectivity index is 0.751. The van der Waals surface area contributed by atoms with Crippen LogP contribution in [0.5, 0.6) is 0 Å². The molecule has 15 N–H and O–H groups in total. The number of aliphatic hydroxyl groups is 15. The largest absolute Gasteiger partial charge is 0.394 e. The van der Waals surface area contributed by atoms with Gasteiger partial charge in [0.1, 0.15) is 109 Å². The van der Waals surface area contributed by atoms with Crippen molar-refractivity contribution >= 4 is 0 Å². The van der Waals surface area contributed by atoms with Crippen LogP contribution in [0.3, 0.4) is 0 Å². The molecule has 27 nitrogen and oxygen atoms in total. The molecule has 10 aliphatic rings. The Labute approximate surface area is 494 Å². The summed E-state index contributed by atoms with van der Waals surface area (Å²) < 4.78 is 72.6. The molecule has 6 heterocycles. The summed E-state index contributed by atoms with van der Waals surface area (Å²) in [5, 5.41) is 163. The van der Waals surface area contributed by atoms with Gasteiger partial charge in [-0.25, -0.2) is 0 Å². The van der Waals surface area contributed by atoms with Crippen LogP contribution >= 0.6 is 0 Å². The van der Waals surface area contributed by atoms with E-state index in [-0.39, 0.29) is 35.7 Å². The highest BCUT2D eigenvalue weighted by Crippen LogP contribution is 2.72. The molecule has 490 valence electrons. The van der Waals surface area contributed by atoms with Gasteiger partial charge in [0.2, 0.25) is 0 Å². The Hall–Kier alpha value is -1.34. The zero-order valence-electron chi connectivity index (χ0n) is 49.6. The van der Waals surface area contributed by atoms with Crippen molar-refractivity contribution in [3.05, 3.63) is 11.6 Å². The fraction of sp³-hybridized carbons (Fsp3) is 0.966. The first-order chi connectivity index (χ1) is 40.1. The fourth-order valence-electron chi connectivity index (χ4n) is 16.7. The molecule has 6 aliphatic heterocycles. The van der Waals surface area contributed by atoms with Gasteiger partial charge in [-0.1, -0.05) is 39.3 Å². The molecule has 0 aromatic heterocycles. The number of fused-ring (bicyclic) bond motifs is 7. The average molecular weight is 1230 g/mol. The maximum atomic E-state index is 13.1. The smallest absolute Gasteiger partial charge is 0.187 e. The van der Waals surface area contributed by atoms with E-state index in [9.17, 15) is 76.6 Å². The third-order valence-electron chi connectivity index (χ3n) is 22.1. The summed E-state index contributed by atoms with van der Waals surface area (Å²) in [5.74, 6) is -0.924. The van der Waals surface area contributed by atoms with Gasteiger partial charge in [-0.2, -0.15) is 0 Å². The minimum atomic E-state index is -1.88. The molecule has 0 spiro atoms. The van der Waals surface area contributed by atoms with Gasteiger partial charge in [-0.3, -0.25) is 0 Å². The van der Waals surface area contributed by atoms with Crippen LogP contribution in [0.25, 0.3) is 0 Å². The monoisotopic (exact) mass is 1220 g/mol. The van der Waals surface area contributed by atoms with Crippen LogP contribution in [0.15, 0.2) is 11.6 Å². The van der Waals surface area contributed by atoms with Crippen LogP contribution in [-0.4, -0.2) is 281 Å². The van der Waals surface area contributed by atoms with Gasteiger partial charge in [0.15, 0.2) is 37.2 Å². The number of methoxy groups -OCH3 is 1. The van der Waals surface area contributed by atoms with Crippen molar-refractivity contribution < 1.29 is 133 Å². The lowest BCUT2D eigenvalue weighted by atomic mass is 9.46. The van der Waals surface area contributed by atoms with Crippen LogP contribution in [0.2, 0.25) is 0 Å². The van der Waals surface area contributed by atoms with Crippen molar-refractivity contribution in [3.8, 4) is 0 Å². The van der Waals surface area contributed by atoms with E-state index in [1.54, 1.807) is 7.11 Å². The van der Waals surface area contributed by atoms with Crippen LogP contribution in [-0.2, 0) is 56.8 Å². The van der Waals surface area contributed by atoms with Gasteiger partial charge in [0.25, 0.3) is 0 Å². The SMILES string of the molecule is COC1(CCC(C)COC2OC(CO)C(O)C(O)C2O)OC2CC3C4CC=C5CC(OC6OC(CO)C(O)C(O)C6OC6OC(C)C(OC7OC(C)C(OC8OC(C)C(O)C(O)C8O)C(O)C7O)C(O)C6O)CCC5(C)C4CCC3(C)C2(O)C1C.